The number of aromatic nitrogens is 1. The van der Waals surface area contributed by atoms with Gasteiger partial charge in [0, 0.05) is 17.3 Å². The van der Waals surface area contributed by atoms with Crippen LogP contribution in [0.15, 0.2) is 6.20 Å². The molecule has 1 N–H and O–H groups in total. The van der Waals surface area contributed by atoms with E-state index in [1.807, 2.05) is 0 Å². The predicted octanol–water partition coefficient (Wildman–Crippen LogP) is 2.12. The van der Waals surface area contributed by atoms with Crippen LogP contribution in [0.5, 0.6) is 0 Å². The summed E-state index contributed by atoms with van der Waals surface area (Å²) in [5.74, 6) is -0.133. The predicted molar refractivity (Wildman–Crippen MR) is 49.4 cm³/mol. The first kappa shape index (κ1) is 11.8. The molecule has 80 valence electrons. The topological polar surface area (TPSA) is 56.9 Å². The zero-order chi connectivity index (χ0) is 11.4. The van der Waals surface area contributed by atoms with E-state index in [2.05, 4.69) is 4.98 Å². The van der Waals surface area contributed by atoms with Gasteiger partial charge in [0.2, 0.25) is 0 Å². The van der Waals surface area contributed by atoms with Crippen molar-refractivity contribution in [3.05, 3.63) is 28.6 Å². The maximum Gasteiger partial charge on any atom is 0.265 e. The first-order valence-electron chi connectivity index (χ1n) is 4.01. The van der Waals surface area contributed by atoms with Crippen LogP contribution in [0.3, 0.4) is 0 Å². The Morgan fingerprint density at radius 2 is 2.20 bits per heavy atom. The van der Waals surface area contributed by atoms with Gasteiger partial charge in [-0.2, -0.15) is 5.26 Å². The second-order valence-corrected chi connectivity index (χ2v) is 2.99. The minimum Gasteiger partial charge on any atom is -0.392 e. The normalized spacial score (nSPS) is 10.4. The van der Waals surface area contributed by atoms with E-state index >= 15 is 0 Å². The number of halogens is 3. The van der Waals surface area contributed by atoms with Crippen molar-refractivity contribution < 1.29 is 13.9 Å². The minimum atomic E-state index is -2.74. The number of aliphatic hydroxyl groups is 1. The molecule has 0 fully saturated rings. The highest BCUT2D eigenvalue weighted by Gasteiger charge is 2.19. The van der Waals surface area contributed by atoms with Crippen molar-refractivity contribution in [3.63, 3.8) is 0 Å². The minimum absolute atomic E-state index is 0.00782. The second-order valence-electron chi connectivity index (χ2n) is 2.72. The largest absolute Gasteiger partial charge is 0.392 e. The zero-order valence-corrected chi connectivity index (χ0v) is 8.30. The Labute approximate surface area is 89.9 Å². The van der Waals surface area contributed by atoms with Crippen molar-refractivity contribution in [2.45, 2.75) is 18.9 Å². The Kier molecular flexibility index (Phi) is 3.95. The fourth-order valence-corrected chi connectivity index (χ4v) is 1.51. The Morgan fingerprint density at radius 1 is 1.53 bits per heavy atom. The number of hydrogen-bond donors (Lipinski definition) is 1. The molecule has 0 aliphatic heterocycles. The van der Waals surface area contributed by atoms with E-state index in [1.54, 1.807) is 6.07 Å². The van der Waals surface area contributed by atoms with Gasteiger partial charge in [0.1, 0.15) is 11.8 Å². The van der Waals surface area contributed by atoms with Gasteiger partial charge in [-0.3, -0.25) is 0 Å². The lowest BCUT2D eigenvalue weighted by Crippen LogP contribution is -2.04. The molecule has 15 heavy (non-hydrogen) atoms. The quantitative estimate of drug-likeness (QED) is 0.812. The van der Waals surface area contributed by atoms with Crippen LogP contribution in [0.25, 0.3) is 0 Å². The van der Waals surface area contributed by atoms with Crippen molar-refractivity contribution in [1.29, 1.82) is 5.26 Å². The van der Waals surface area contributed by atoms with Crippen LogP contribution in [-0.2, 0) is 12.5 Å². The molecule has 0 bridgehead atoms. The van der Waals surface area contributed by atoms with Gasteiger partial charge in [0.25, 0.3) is 6.43 Å². The van der Waals surface area contributed by atoms with E-state index in [4.69, 9.17) is 22.0 Å². The molecule has 1 aromatic rings. The number of hydrogen-bond acceptors (Lipinski definition) is 3. The summed E-state index contributed by atoms with van der Waals surface area (Å²) >= 11 is 5.52. The fraction of sp³-hybridized carbons (Fsp3) is 0.333. The van der Waals surface area contributed by atoms with Crippen LogP contribution in [0, 0.1) is 11.3 Å². The smallest absolute Gasteiger partial charge is 0.265 e. The van der Waals surface area contributed by atoms with Gasteiger partial charge >= 0.3 is 0 Å². The van der Waals surface area contributed by atoms with Gasteiger partial charge < -0.3 is 5.11 Å². The molecule has 1 rings (SSSR count). The number of nitriles is 1. The third-order valence-corrected chi connectivity index (χ3v) is 2.23. The molecule has 0 atom stereocenters. The summed E-state index contributed by atoms with van der Waals surface area (Å²) in [4.78, 5) is 3.56. The van der Waals surface area contributed by atoms with Crippen molar-refractivity contribution >= 4 is 11.6 Å². The Morgan fingerprint density at radius 3 is 2.60 bits per heavy atom. The number of aliphatic hydroxyl groups excluding tert-OH is 1. The van der Waals surface area contributed by atoms with Gasteiger partial charge in [-0.1, -0.05) is 0 Å². The van der Waals surface area contributed by atoms with Gasteiger partial charge in [-0.25, -0.2) is 13.8 Å². The summed E-state index contributed by atoms with van der Waals surface area (Å²) < 4.78 is 25.0. The first-order valence-corrected chi connectivity index (χ1v) is 4.54. The van der Waals surface area contributed by atoms with Crippen molar-refractivity contribution in [3.8, 4) is 6.07 Å². The molecule has 0 aromatic carbocycles. The SMILES string of the molecule is N#Cc1ncc(C(F)F)c(CO)c1CCl. The number of alkyl halides is 3. The molecule has 0 radical (unpaired) electrons. The maximum atomic E-state index is 12.5. The molecular weight excluding hydrogens is 226 g/mol. The molecule has 0 amide bonds. The highest BCUT2D eigenvalue weighted by molar-refractivity contribution is 6.17. The average molecular weight is 233 g/mol. The second kappa shape index (κ2) is 5.01. The van der Waals surface area contributed by atoms with E-state index < -0.39 is 13.0 Å². The van der Waals surface area contributed by atoms with E-state index in [0.717, 1.165) is 6.20 Å². The molecule has 0 saturated heterocycles. The summed E-state index contributed by atoms with van der Waals surface area (Å²) in [7, 11) is 0. The summed E-state index contributed by atoms with van der Waals surface area (Å²) in [5.41, 5.74) is -0.253. The summed E-state index contributed by atoms with van der Waals surface area (Å²) in [6, 6.07) is 1.74. The third kappa shape index (κ3) is 2.22. The van der Waals surface area contributed by atoms with Crippen molar-refractivity contribution in [2.75, 3.05) is 0 Å². The third-order valence-electron chi connectivity index (χ3n) is 1.96. The zero-order valence-electron chi connectivity index (χ0n) is 7.54. The van der Waals surface area contributed by atoms with Crippen LogP contribution in [0.1, 0.15) is 28.8 Å². The Balaban J connectivity index is 3.42. The van der Waals surface area contributed by atoms with Gasteiger partial charge in [-0.15, -0.1) is 11.6 Å². The van der Waals surface area contributed by atoms with E-state index in [-0.39, 0.29) is 28.3 Å². The summed E-state index contributed by atoms with van der Waals surface area (Å²) in [6.45, 7) is -0.584. The van der Waals surface area contributed by atoms with Crippen LogP contribution < -0.4 is 0 Å². The number of nitrogens with zero attached hydrogens (tertiary/aromatic N) is 2. The van der Waals surface area contributed by atoms with Crippen LogP contribution >= 0.6 is 11.6 Å². The standard InChI is InChI=1S/C9H7ClF2N2O/c10-1-5-7(4-15)6(9(11)12)3-14-8(5)2-13/h3,9,15H,1,4H2. The molecule has 3 nitrogen and oxygen atoms in total. The molecular formula is C9H7ClF2N2O. The molecule has 0 unspecified atom stereocenters. The van der Waals surface area contributed by atoms with Gasteiger partial charge in [0.15, 0.2) is 0 Å². The average Bonchev–Trinajstić information content (AvgIpc) is 2.26. The highest BCUT2D eigenvalue weighted by atomic mass is 35.5. The molecule has 0 saturated carbocycles. The molecule has 6 heteroatoms. The molecule has 1 heterocycles. The van der Waals surface area contributed by atoms with Crippen LogP contribution in [0.4, 0.5) is 8.78 Å². The summed E-state index contributed by atoms with van der Waals surface area (Å²) in [6.07, 6.45) is -1.85. The van der Waals surface area contributed by atoms with Gasteiger partial charge in [-0.05, 0) is 5.56 Å². The van der Waals surface area contributed by atoms with Crippen LogP contribution in [0.2, 0.25) is 0 Å². The summed E-state index contributed by atoms with van der Waals surface area (Å²) in [5, 5.41) is 17.6. The highest BCUT2D eigenvalue weighted by Crippen LogP contribution is 2.27. The number of pyridine rings is 1. The van der Waals surface area contributed by atoms with E-state index in [9.17, 15) is 8.78 Å². The van der Waals surface area contributed by atoms with E-state index in [1.165, 1.54) is 0 Å². The molecule has 0 aliphatic carbocycles. The lowest BCUT2D eigenvalue weighted by Gasteiger charge is -2.11. The first-order chi connectivity index (χ1) is 7.15. The Hall–Kier alpha value is -1.25. The fourth-order valence-electron chi connectivity index (χ4n) is 1.22. The lowest BCUT2D eigenvalue weighted by molar-refractivity contribution is 0.146. The molecule has 0 aliphatic rings. The van der Waals surface area contributed by atoms with E-state index in [0.29, 0.717) is 0 Å². The molecule has 0 spiro atoms. The maximum absolute atomic E-state index is 12.5. The lowest BCUT2D eigenvalue weighted by atomic mass is 10.0. The number of rotatable bonds is 3. The molecule has 1 aromatic heterocycles. The van der Waals surface area contributed by atoms with Gasteiger partial charge in [0.05, 0.1) is 12.5 Å². The van der Waals surface area contributed by atoms with Crippen LogP contribution in [-0.4, -0.2) is 10.1 Å². The van der Waals surface area contributed by atoms with Crippen molar-refractivity contribution in [1.82, 2.24) is 4.98 Å². The monoisotopic (exact) mass is 232 g/mol. The van der Waals surface area contributed by atoms with Crippen molar-refractivity contribution in [2.24, 2.45) is 0 Å². The Bertz CT molecular complexity index is 404.